The average Bonchev–Trinajstić information content (AvgIpc) is 2.50. The number of H-pyrrole nitrogens is 1. The van der Waals surface area contributed by atoms with Gasteiger partial charge >= 0.3 is 0 Å². The van der Waals surface area contributed by atoms with E-state index in [-0.39, 0.29) is 22.7 Å². The van der Waals surface area contributed by atoms with Gasteiger partial charge in [-0.15, -0.1) is 0 Å². The fourth-order valence-electron chi connectivity index (χ4n) is 2.04. The quantitative estimate of drug-likeness (QED) is 0.668. The van der Waals surface area contributed by atoms with Gasteiger partial charge in [-0.05, 0) is 17.5 Å². The number of nitrogens with zero attached hydrogens (tertiary/aromatic N) is 1. The summed E-state index contributed by atoms with van der Waals surface area (Å²) in [6.07, 6.45) is 0. The molecule has 104 valence electrons. The van der Waals surface area contributed by atoms with Gasteiger partial charge in [0.05, 0.1) is 5.56 Å². The first-order chi connectivity index (χ1) is 10.1. The first kappa shape index (κ1) is 12.9. The van der Waals surface area contributed by atoms with E-state index in [2.05, 4.69) is 15.5 Å². The van der Waals surface area contributed by atoms with Crippen molar-refractivity contribution in [2.75, 3.05) is 5.32 Å². The van der Waals surface area contributed by atoms with Crippen molar-refractivity contribution in [3.63, 3.8) is 0 Å². The van der Waals surface area contributed by atoms with E-state index >= 15 is 0 Å². The second kappa shape index (κ2) is 5.09. The topological polar surface area (TPSA) is 95.1 Å². The largest absolute Gasteiger partial charge is 0.506 e. The van der Waals surface area contributed by atoms with Gasteiger partial charge in [-0.1, -0.05) is 30.3 Å². The number of fused-ring (bicyclic) bond motifs is 1. The molecule has 0 atom stereocenters. The average molecular weight is 281 g/mol. The van der Waals surface area contributed by atoms with Gasteiger partial charge in [0.1, 0.15) is 5.75 Å². The Morgan fingerprint density at radius 3 is 2.67 bits per heavy atom. The molecular formula is C15H11N3O3. The SMILES string of the molecule is O=C(Nc1ccc(=O)[nH]n1)c1ccc2ccccc2c1O. The maximum absolute atomic E-state index is 12.2. The van der Waals surface area contributed by atoms with Gasteiger partial charge in [0.25, 0.3) is 11.5 Å². The summed E-state index contributed by atoms with van der Waals surface area (Å²) in [6, 6.07) is 13.2. The minimum Gasteiger partial charge on any atom is -0.506 e. The number of hydrogen-bond acceptors (Lipinski definition) is 4. The van der Waals surface area contributed by atoms with Gasteiger partial charge < -0.3 is 10.4 Å². The lowest BCUT2D eigenvalue weighted by Crippen LogP contribution is -2.15. The number of rotatable bonds is 2. The fourth-order valence-corrected chi connectivity index (χ4v) is 2.04. The van der Waals surface area contributed by atoms with Crippen molar-refractivity contribution in [2.45, 2.75) is 0 Å². The second-order valence-electron chi connectivity index (χ2n) is 4.44. The maximum Gasteiger partial charge on any atom is 0.264 e. The van der Waals surface area contributed by atoms with Crippen LogP contribution in [0.5, 0.6) is 5.75 Å². The molecule has 0 aliphatic heterocycles. The lowest BCUT2D eigenvalue weighted by molar-refractivity contribution is 0.102. The Labute approximate surface area is 119 Å². The molecule has 0 radical (unpaired) electrons. The molecule has 2 aromatic carbocycles. The molecule has 0 bridgehead atoms. The molecule has 3 rings (SSSR count). The molecule has 0 aliphatic rings. The minimum absolute atomic E-state index is 0.0879. The van der Waals surface area contributed by atoms with E-state index in [0.717, 1.165) is 5.39 Å². The van der Waals surface area contributed by atoms with Crippen molar-refractivity contribution < 1.29 is 9.90 Å². The zero-order valence-corrected chi connectivity index (χ0v) is 10.8. The number of amides is 1. The van der Waals surface area contributed by atoms with Crippen molar-refractivity contribution in [2.24, 2.45) is 0 Å². The van der Waals surface area contributed by atoms with Gasteiger partial charge in [-0.25, -0.2) is 5.10 Å². The number of benzene rings is 2. The molecular weight excluding hydrogens is 270 g/mol. The molecule has 3 aromatic rings. The second-order valence-corrected chi connectivity index (χ2v) is 4.44. The van der Waals surface area contributed by atoms with Crippen LogP contribution in [0, 0.1) is 0 Å². The number of nitrogens with one attached hydrogen (secondary N) is 2. The fraction of sp³-hybridized carbons (Fsp3) is 0. The smallest absolute Gasteiger partial charge is 0.264 e. The predicted molar refractivity (Wildman–Crippen MR) is 78.4 cm³/mol. The number of aromatic hydroxyl groups is 1. The van der Waals surface area contributed by atoms with Crippen molar-refractivity contribution in [1.82, 2.24) is 10.2 Å². The summed E-state index contributed by atoms with van der Waals surface area (Å²) in [5, 5.41) is 20.1. The third kappa shape index (κ3) is 2.46. The van der Waals surface area contributed by atoms with Crippen LogP contribution >= 0.6 is 0 Å². The number of aromatic nitrogens is 2. The number of phenols is 1. The van der Waals surface area contributed by atoms with Gasteiger partial charge in [0, 0.05) is 11.5 Å². The van der Waals surface area contributed by atoms with Crippen LogP contribution in [0.1, 0.15) is 10.4 Å². The Kier molecular flexibility index (Phi) is 3.12. The van der Waals surface area contributed by atoms with Crippen LogP contribution in [0.15, 0.2) is 53.3 Å². The maximum atomic E-state index is 12.2. The van der Waals surface area contributed by atoms with E-state index < -0.39 is 5.91 Å². The summed E-state index contributed by atoms with van der Waals surface area (Å²) >= 11 is 0. The van der Waals surface area contributed by atoms with Crippen molar-refractivity contribution in [1.29, 1.82) is 0 Å². The lowest BCUT2D eigenvalue weighted by atomic mass is 10.0. The van der Waals surface area contributed by atoms with Crippen LogP contribution in [0.3, 0.4) is 0 Å². The Balaban J connectivity index is 1.96. The van der Waals surface area contributed by atoms with E-state index in [0.29, 0.717) is 5.39 Å². The van der Waals surface area contributed by atoms with Gasteiger partial charge in [0.15, 0.2) is 5.82 Å². The summed E-state index contributed by atoms with van der Waals surface area (Å²) in [4.78, 5) is 23.1. The lowest BCUT2D eigenvalue weighted by Gasteiger charge is -2.08. The third-order valence-electron chi connectivity index (χ3n) is 3.07. The van der Waals surface area contributed by atoms with E-state index in [1.165, 1.54) is 12.1 Å². The molecule has 1 aromatic heterocycles. The molecule has 1 amide bonds. The Bertz CT molecular complexity index is 866. The first-order valence-electron chi connectivity index (χ1n) is 6.23. The Hall–Kier alpha value is -3.15. The van der Waals surface area contributed by atoms with Gasteiger partial charge in [-0.3, -0.25) is 9.59 Å². The number of carbonyl (C=O) groups excluding carboxylic acids is 1. The summed E-state index contributed by atoms with van der Waals surface area (Å²) in [5.74, 6) is -0.389. The molecule has 0 unspecified atom stereocenters. The number of hydrogen-bond donors (Lipinski definition) is 3. The highest BCUT2D eigenvalue weighted by molar-refractivity contribution is 6.09. The van der Waals surface area contributed by atoms with Crippen LogP contribution in [-0.2, 0) is 0 Å². The van der Waals surface area contributed by atoms with Gasteiger partial charge in [0.2, 0.25) is 0 Å². The zero-order chi connectivity index (χ0) is 14.8. The first-order valence-corrected chi connectivity index (χ1v) is 6.23. The third-order valence-corrected chi connectivity index (χ3v) is 3.07. The van der Waals surface area contributed by atoms with Crippen molar-refractivity contribution >= 4 is 22.5 Å². The Morgan fingerprint density at radius 1 is 1.10 bits per heavy atom. The number of anilines is 1. The van der Waals surface area contributed by atoms with Crippen molar-refractivity contribution in [3.05, 3.63) is 64.4 Å². The van der Waals surface area contributed by atoms with E-state index in [9.17, 15) is 14.7 Å². The highest BCUT2D eigenvalue weighted by Gasteiger charge is 2.14. The predicted octanol–water partition coefficient (Wildman–Crippen LogP) is 1.88. The molecule has 0 saturated carbocycles. The summed E-state index contributed by atoms with van der Waals surface area (Å²) in [5.41, 5.74) is -0.219. The molecule has 6 heteroatoms. The van der Waals surface area contributed by atoms with Crippen LogP contribution in [0.4, 0.5) is 5.82 Å². The van der Waals surface area contributed by atoms with E-state index in [1.54, 1.807) is 24.3 Å². The summed E-state index contributed by atoms with van der Waals surface area (Å²) in [7, 11) is 0. The number of phenolic OH excluding ortho intramolecular Hbond substituents is 1. The van der Waals surface area contributed by atoms with Gasteiger partial charge in [-0.2, -0.15) is 5.10 Å². The van der Waals surface area contributed by atoms with Crippen LogP contribution in [-0.4, -0.2) is 21.2 Å². The zero-order valence-electron chi connectivity index (χ0n) is 10.8. The molecule has 0 fully saturated rings. The molecule has 0 saturated heterocycles. The molecule has 6 nitrogen and oxygen atoms in total. The molecule has 3 N–H and O–H groups in total. The molecule has 0 spiro atoms. The van der Waals surface area contributed by atoms with Crippen LogP contribution in [0.25, 0.3) is 10.8 Å². The normalized spacial score (nSPS) is 10.5. The summed E-state index contributed by atoms with van der Waals surface area (Å²) < 4.78 is 0. The molecule has 1 heterocycles. The summed E-state index contributed by atoms with van der Waals surface area (Å²) in [6.45, 7) is 0. The highest BCUT2D eigenvalue weighted by atomic mass is 16.3. The highest BCUT2D eigenvalue weighted by Crippen LogP contribution is 2.28. The van der Waals surface area contributed by atoms with Crippen LogP contribution in [0.2, 0.25) is 0 Å². The molecule has 21 heavy (non-hydrogen) atoms. The van der Waals surface area contributed by atoms with Crippen molar-refractivity contribution in [3.8, 4) is 5.75 Å². The monoisotopic (exact) mass is 281 g/mol. The van der Waals surface area contributed by atoms with E-state index in [1.807, 2.05) is 12.1 Å². The molecule has 0 aliphatic carbocycles. The Morgan fingerprint density at radius 2 is 1.90 bits per heavy atom. The standard InChI is InChI=1S/C15H11N3O3/c19-13-8-7-12(17-18-13)16-15(21)11-6-5-9-3-1-2-4-10(9)14(11)20/h1-8,20H,(H,18,19)(H,16,17,21). The van der Waals surface area contributed by atoms with Crippen LogP contribution < -0.4 is 10.9 Å². The number of carbonyl (C=O) groups is 1. The van der Waals surface area contributed by atoms with E-state index in [4.69, 9.17) is 0 Å². The number of aromatic amines is 1. The minimum atomic E-state index is -0.502.